The van der Waals surface area contributed by atoms with Crippen LogP contribution in [0, 0.1) is 12.7 Å². The first-order valence-electron chi connectivity index (χ1n) is 6.45. The Hall–Kier alpha value is -1.78. The summed E-state index contributed by atoms with van der Waals surface area (Å²) in [7, 11) is 0. The smallest absolute Gasteiger partial charge is 0.131 e. The van der Waals surface area contributed by atoms with Crippen LogP contribution in [0.1, 0.15) is 22.2 Å². The van der Waals surface area contributed by atoms with Gasteiger partial charge in [0.2, 0.25) is 0 Å². The second-order valence-corrected chi connectivity index (χ2v) is 6.39. The molecule has 2 nitrogen and oxygen atoms in total. The molecule has 2 aromatic heterocycles. The molecule has 0 amide bonds. The lowest BCUT2D eigenvalue weighted by Crippen LogP contribution is -2.11. The number of thiophene rings is 1. The fourth-order valence-electron chi connectivity index (χ4n) is 2.14. The normalized spacial score (nSPS) is 12.3. The topological polar surface area (TPSA) is 25.2 Å². The zero-order valence-corrected chi connectivity index (χ0v) is 12.8. The molecule has 0 saturated heterocycles. The van der Waals surface area contributed by atoms with E-state index in [1.54, 1.807) is 19.3 Å². The quantitative estimate of drug-likeness (QED) is 0.672. The van der Waals surface area contributed by atoms with Crippen LogP contribution in [0.2, 0.25) is 4.34 Å². The maximum atomic E-state index is 13.7. The molecule has 0 radical (unpaired) electrons. The third-order valence-corrected chi connectivity index (χ3v) is 4.57. The molecule has 1 N–H and O–H groups in total. The van der Waals surface area contributed by atoms with Crippen LogP contribution in [0.3, 0.4) is 0 Å². The van der Waals surface area contributed by atoms with Crippen LogP contribution in [0.25, 0.3) is 0 Å². The largest absolute Gasteiger partial charge is 0.467 e. The van der Waals surface area contributed by atoms with Crippen LogP contribution in [0.5, 0.6) is 0 Å². The van der Waals surface area contributed by atoms with Crippen LogP contribution in [-0.2, 0) is 0 Å². The maximum absolute atomic E-state index is 13.7. The van der Waals surface area contributed by atoms with Gasteiger partial charge < -0.3 is 9.73 Å². The zero-order valence-electron chi connectivity index (χ0n) is 11.3. The van der Waals surface area contributed by atoms with Gasteiger partial charge in [0.15, 0.2) is 0 Å². The number of hydrogen-bond donors (Lipinski definition) is 1. The van der Waals surface area contributed by atoms with Gasteiger partial charge in [-0.1, -0.05) is 17.7 Å². The van der Waals surface area contributed by atoms with E-state index in [4.69, 9.17) is 16.0 Å². The molecule has 0 aliphatic rings. The summed E-state index contributed by atoms with van der Waals surface area (Å²) in [6.45, 7) is 1.75. The number of halogens is 2. The van der Waals surface area contributed by atoms with Crippen molar-refractivity contribution in [3.63, 3.8) is 0 Å². The molecule has 1 atom stereocenters. The van der Waals surface area contributed by atoms with Crippen LogP contribution >= 0.6 is 22.9 Å². The summed E-state index contributed by atoms with van der Waals surface area (Å²) in [4.78, 5) is 1.01. The average Bonchev–Trinajstić information content (AvgIpc) is 3.12. The summed E-state index contributed by atoms with van der Waals surface area (Å²) in [6.07, 6.45) is 1.62. The molecular formula is C16H13ClFNOS. The van der Waals surface area contributed by atoms with E-state index >= 15 is 0 Å². The molecule has 0 aliphatic carbocycles. The molecule has 3 rings (SSSR count). The lowest BCUT2D eigenvalue weighted by Gasteiger charge is -2.18. The Morgan fingerprint density at radius 3 is 2.71 bits per heavy atom. The van der Waals surface area contributed by atoms with Crippen LogP contribution in [0.15, 0.2) is 53.1 Å². The van der Waals surface area contributed by atoms with Gasteiger partial charge in [0.25, 0.3) is 0 Å². The van der Waals surface area contributed by atoms with Crippen LogP contribution in [-0.4, -0.2) is 0 Å². The van der Waals surface area contributed by atoms with Gasteiger partial charge >= 0.3 is 0 Å². The highest BCUT2D eigenvalue weighted by molar-refractivity contribution is 7.16. The number of hydrogen-bond acceptors (Lipinski definition) is 3. The van der Waals surface area contributed by atoms with E-state index in [1.807, 2.05) is 30.3 Å². The molecule has 3 aromatic rings. The van der Waals surface area contributed by atoms with E-state index in [0.717, 1.165) is 16.3 Å². The highest BCUT2D eigenvalue weighted by atomic mass is 35.5. The maximum Gasteiger partial charge on any atom is 0.131 e. The van der Waals surface area contributed by atoms with Gasteiger partial charge in [0.1, 0.15) is 17.6 Å². The Morgan fingerprint density at radius 1 is 1.19 bits per heavy atom. The zero-order chi connectivity index (χ0) is 14.8. The SMILES string of the molecule is Cc1c(F)cccc1NC(c1ccco1)c1ccc(Cl)s1. The van der Waals surface area contributed by atoms with Gasteiger partial charge in [-0.25, -0.2) is 4.39 Å². The molecular weight excluding hydrogens is 309 g/mol. The summed E-state index contributed by atoms with van der Waals surface area (Å²) >= 11 is 7.50. The Bertz CT molecular complexity index is 739. The predicted octanol–water partition coefficient (Wildman–Crippen LogP) is 5.64. The van der Waals surface area contributed by atoms with Crippen molar-refractivity contribution in [3.05, 3.63) is 75.1 Å². The van der Waals surface area contributed by atoms with Crippen LogP contribution in [0.4, 0.5) is 10.1 Å². The van der Waals surface area contributed by atoms with Gasteiger partial charge in [-0.3, -0.25) is 0 Å². The number of nitrogens with one attached hydrogen (secondary N) is 1. The minimum Gasteiger partial charge on any atom is -0.467 e. The summed E-state index contributed by atoms with van der Waals surface area (Å²) in [5.41, 5.74) is 1.32. The molecule has 0 spiro atoms. The van der Waals surface area contributed by atoms with Crippen molar-refractivity contribution in [1.29, 1.82) is 0 Å². The third kappa shape index (κ3) is 2.96. The molecule has 21 heavy (non-hydrogen) atoms. The first-order valence-corrected chi connectivity index (χ1v) is 7.65. The molecule has 5 heteroatoms. The lowest BCUT2D eigenvalue weighted by molar-refractivity contribution is 0.500. The van der Waals surface area contributed by atoms with E-state index in [9.17, 15) is 4.39 Å². The first-order chi connectivity index (χ1) is 10.1. The van der Waals surface area contributed by atoms with Crippen molar-refractivity contribution in [3.8, 4) is 0 Å². The highest BCUT2D eigenvalue weighted by Gasteiger charge is 2.20. The standard InChI is InChI=1S/C16H13ClFNOS/c1-10-11(18)4-2-5-12(10)19-16(13-6-3-9-20-13)14-7-8-15(17)21-14/h2-9,16,19H,1H3. The summed E-state index contributed by atoms with van der Waals surface area (Å²) in [5.74, 6) is 0.527. The Balaban J connectivity index is 1.99. The second kappa shape index (κ2) is 5.92. The van der Waals surface area contributed by atoms with Gasteiger partial charge in [-0.2, -0.15) is 0 Å². The van der Waals surface area contributed by atoms with Gasteiger partial charge in [-0.15, -0.1) is 11.3 Å². The molecule has 0 saturated carbocycles. The lowest BCUT2D eigenvalue weighted by atomic mass is 10.1. The van der Waals surface area contributed by atoms with Crippen molar-refractivity contribution >= 4 is 28.6 Å². The highest BCUT2D eigenvalue weighted by Crippen LogP contribution is 2.34. The molecule has 2 heterocycles. The summed E-state index contributed by atoms with van der Waals surface area (Å²) in [5, 5.41) is 3.34. The van der Waals surface area contributed by atoms with Crippen molar-refractivity contribution in [2.45, 2.75) is 13.0 Å². The third-order valence-electron chi connectivity index (χ3n) is 3.27. The minimum absolute atomic E-state index is 0.196. The number of benzene rings is 1. The van der Waals surface area contributed by atoms with Crippen molar-refractivity contribution in [2.75, 3.05) is 5.32 Å². The molecule has 1 aromatic carbocycles. The molecule has 0 fully saturated rings. The van der Waals surface area contributed by atoms with Crippen LogP contribution < -0.4 is 5.32 Å². The second-order valence-electron chi connectivity index (χ2n) is 4.65. The first kappa shape index (κ1) is 14.2. The van der Waals surface area contributed by atoms with E-state index in [2.05, 4.69) is 5.32 Å². The number of furan rings is 1. The molecule has 0 bridgehead atoms. The van der Waals surface area contributed by atoms with Gasteiger partial charge in [-0.05, 0) is 43.3 Å². The number of anilines is 1. The summed E-state index contributed by atoms with van der Waals surface area (Å²) < 4.78 is 19.9. The van der Waals surface area contributed by atoms with Gasteiger partial charge in [0, 0.05) is 16.1 Å². The summed E-state index contributed by atoms with van der Waals surface area (Å²) in [6, 6.07) is 12.3. The van der Waals surface area contributed by atoms with Crippen molar-refractivity contribution in [2.24, 2.45) is 0 Å². The Labute approximate surface area is 131 Å². The fraction of sp³-hybridized carbons (Fsp3) is 0.125. The van der Waals surface area contributed by atoms with Crippen molar-refractivity contribution < 1.29 is 8.81 Å². The van der Waals surface area contributed by atoms with Gasteiger partial charge in [0.05, 0.1) is 10.6 Å². The Kier molecular flexibility index (Phi) is 3.99. The van der Waals surface area contributed by atoms with E-state index in [0.29, 0.717) is 9.90 Å². The molecule has 1 unspecified atom stereocenters. The monoisotopic (exact) mass is 321 g/mol. The molecule has 108 valence electrons. The number of rotatable bonds is 4. The fourth-order valence-corrected chi connectivity index (χ4v) is 3.26. The minimum atomic E-state index is -0.234. The van der Waals surface area contributed by atoms with E-state index < -0.39 is 0 Å². The predicted molar refractivity (Wildman–Crippen MR) is 84.6 cm³/mol. The average molecular weight is 322 g/mol. The van der Waals surface area contributed by atoms with E-state index in [1.165, 1.54) is 17.4 Å². The van der Waals surface area contributed by atoms with Crippen molar-refractivity contribution in [1.82, 2.24) is 0 Å². The molecule has 0 aliphatic heterocycles. The van der Waals surface area contributed by atoms with E-state index in [-0.39, 0.29) is 11.9 Å². The Morgan fingerprint density at radius 2 is 2.05 bits per heavy atom.